The molecule has 25 heavy (non-hydrogen) atoms. The number of benzene rings is 1. The predicted molar refractivity (Wildman–Crippen MR) is 84.0 cm³/mol. The van der Waals surface area contributed by atoms with E-state index in [-0.39, 0.29) is 23.7 Å². The Kier molecular flexibility index (Phi) is 6.07. The van der Waals surface area contributed by atoms with Crippen molar-refractivity contribution in [3.63, 3.8) is 0 Å². The number of non-ortho nitro benzene ring substituents is 1. The quantitative estimate of drug-likeness (QED) is 0.418. The SMILES string of the molecule is O=C(CSc1ccc([N+](=O)[O-])cc1)N(Cc1ccco1)CC(F)(F)F. The van der Waals surface area contributed by atoms with E-state index in [2.05, 4.69) is 0 Å². The number of nitrogens with zero attached hydrogens (tertiary/aromatic N) is 2. The molecule has 0 bridgehead atoms. The number of furan rings is 1. The number of alkyl halides is 3. The summed E-state index contributed by atoms with van der Waals surface area (Å²) < 4.78 is 43.0. The summed E-state index contributed by atoms with van der Waals surface area (Å²) in [6.07, 6.45) is -3.21. The first-order chi connectivity index (χ1) is 11.7. The number of nitro benzene ring substituents is 1. The third kappa shape index (κ3) is 6.14. The number of halogens is 3. The van der Waals surface area contributed by atoms with Crippen molar-refractivity contribution in [2.24, 2.45) is 0 Å². The zero-order chi connectivity index (χ0) is 18.4. The van der Waals surface area contributed by atoms with Gasteiger partial charge in [-0.3, -0.25) is 14.9 Å². The molecule has 0 aliphatic carbocycles. The monoisotopic (exact) mass is 374 g/mol. The van der Waals surface area contributed by atoms with Crippen LogP contribution in [0.1, 0.15) is 5.76 Å². The lowest BCUT2D eigenvalue weighted by Gasteiger charge is -2.23. The minimum Gasteiger partial charge on any atom is -0.467 e. The van der Waals surface area contributed by atoms with Gasteiger partial charge in [-0.2, -0.15) is 13.2 Å². The summed E-state index contributed by atoms with van der Waals surface area (Å²) in [4.78, 5) is 23.4. The van der Waals surface area contributed by atoms with E-state index in [1.165, 1.54) is 42.7 Å². The van der Waals surface area contributed by atoms with Gasteiger partial charge in [-0.05, 0) is 24.3 Å². The minimum atomic E-state index is -4.53. The Balaban J connectivity index is 1.99. The van der Waals surface area contributed by atoms with Gasteiger partial charge in [0.25, 0.3) is 5.69 Å². The Morgan fingerprint density at radius 2 is 1.92 bits per heavy atom. The predicted octanol–water partition coefficient (Wildman–Crippen LogP) is 3.87. The van der Waals surface area contributed by atoms with E-state index in [0.717, 1.165) is 11.8 Å². The van der Waals surface area contributed by atoms with Gasteiger partial charge in [0.2, 0.25) is 5.91 Å². The first-order valence-electron chi connectivity index (χ1n) is 6.99. The standard InChI is InChI=1S/C15H13F3N2O4S/c16-15(17,18)10-19(8-12-2-1-7-24-12)14(21)9-25-13-5-3-11(4-6-13)20(22)23/h1-7H,8-10H2. The number of hydrogen-bond donors (Lipinski definition) is 0. The fraction of sp³-hybridized carbons (Fsp3) is 0.267. The van der Waals surface area contributed by atoms with Crippen LogP contribution < -0.4 is 0 Å². The molecule has 134 valence electrons. The first-order valence-corrected chi connectivity index (χ1v) is 7.97. The van der Waals surface area contributed by atoms with E-state index in [1.807, 2.05) is 0 Å². The van der Waals surface area contributed by atoms with Crippen molar-refractivity contribution in [2.75, 3.05) is 12.3 Å². The molecular weight excluding hydrogens is 361 g/mol. The molecule has 0 spiro atoms. The summed E-state index contributed by atoms with van der Waals surface area (Å²) in [5.41, 5.74) is -0.104. The molecule has 6 nitrogen and oxygen atoms in total. The van der Waals surface area contributed by atoms with E-state index in [1.54, 1.807) is 0 Å². The summed E-state index contributed by atoms with van der Waals surface area (Å²) in [5.74, 6) is -0.691. The van der Waals surface area contributed by atoms with Gasteiger partial charge in [0, 0.05) is 17.0 Å². The molecule has 0 saturated carbocycles. The van der Waals surface area contributed by atoms with Crippen LogP contribution in [0.3, 0.4) is 0 Å². The van der Waals surface area contributed by atoms with Crippen LogP contribution in [0, 0.1) is 10.1 Å². The summed E-state index contributed by atoms with van der Waals surface area (Å²) in [7, 11) is 0. The molecule has 0 unspecified atom stereocenters. The van der Waals surface area contributed by atoms with Crippen molar-refractivity contribution in [2.45, 2.75) is 17.6 Å². The maximum Gasteiger partial charge on any atom is 0.406 e. The maximum absolute atomic E-state index is 12.7. The van der Waals surface area contributed by atoms with Crippen molar-refractivity contribution in [1.82, 2.24) is 4.90 Å². The average molecular weight is 374 g/mol. The molecule has 0 radical (unpaired) electrons. The van der Waals surface area contributed by atoms with Crippen molar-refractivity contribution in [1.29, 1.82) is 0 Å². The van der Waals surface area contributed by atoms with Gasteiger partial charge >= 0.3 is 6.18 Å². The van der Waals surface area contributed by atoms with E-state index >= 15 is 0 Å². The number of carbonyl (C=O) groups excluding carboxylic acids is 1. The Hall–Kier alpha value is -2.49. The highest BCUT2D eigenvalue weighted by atomic mass is 32.2. The fourth-order valence-electron chi connectivity index (χ4n) is 1.94. The second kappa shape index (κ2) is 8.06. The molecule has 1 amide bonds. The molecule has 1 aromatic heterocycles. The normalized spacial score (nSPS) is 11.3. The van der Waals surface area contributed by atoms with Gasteiger partial charge in [0.05, 0.1) is 23.5 Å². The van der Waals surface area contributed by atoms with Crippen LogP contribution in [0.15, 0.2) is 52.0 Å². The van der Waals surface area contributed by atoms with Crippen molar-refractivity contribution in [3.05, 3.63) is 58.5 Å². The van der Waals surface area contributed by atoms with Gasteiger partial charge in [0.15, 0.2) is 0 Å². The number of carbonyl (C=O) groups is 1. The molecule has 10 heteroatoms. The molecule has 0 aliphatic heterocycles. The van der Waals surface area contributed by atoms with Crippen LogP contribution in [0.4, 0.5) is 18.9 Å². The van der Waals surface area contributed by atoms with E-state index < -0.39 is 23.6 Å². The lowest BCUT2D eigenvalue weighted by molar-refractivity contribution is -0.384. The number of hydrogen-bond acceptors (Lipinski definition) is 5. The number of nitro groups is 1. The molecule has 0 saturated heterocycles. The molecule has 0 fully saturated rings. The minimum absolute atomic E-state index is 0.104. The zero-order valence-corrected chi connectivity index (χ0v) is 13.5. The number of rotatable bonds is 7. The van der Waals surface area contributed by atoms with Gasteiger partial charge < -0.3 is 9.32 Å². The van der Waals surface area contributed by atoms with Crippen LogP contribution in [-0.4, -0.2) is 34.2 Å². The molecule has 1 heterocycles. The molecule has 0 atom stereocenters. The van der Waals surface area contributed by atoms with Gasteiger partial charge in [-0.1, -0.05) is 0 Å². The molecule has 0 N–H and O–H groups in total. The Bertz CT molecular complexity index is 717. The molecule has 2 aromatic rings. The maximum atomic E-state index is 12.7. The van der Waals surface area contributed by atoms with Crippen molar-refractivity contribution in [3.8, 4) is 0 Å². The smallest absolute Gasteiger partial charge is 0.406 e. The summed E-state index contributed by atoms with van der Waals surface area (Å²) >= 11 is 1.00. The molecule has 2 rings (SSSR count). The Morgan fingerprint density at radius 1 is 1.24 bits per heavy atom. The van der Waals surface area contributed by atoms with Crippen molar-refractivity contribution >= 4 is 23.4 Å². The van der Waals surface area contributed by atoms with Gasteiger partial charge in [-0.25, -0.2) is 0 Å². The van der Waals surface area contributed by atoms with Crippen LogP contribution in [-0.2, 0) is 11.3 Å². The van der Waals surface area contributed by atoms with Crippen LogP contribution in [0.5, 0.6) is 0 Å². The largest absolute Gasteiger partial charge is 0.467 e. The number of amides is 1. The highest BCUT2D eigenvalue weighted by Gasteiger charge is 2.33. The summed E-state index contributed by atoms with van der Waals surface area (Å²) in [5, 5.41) is 10.6. The highest BCUT2D eigenvalue weighted by Crippen LogP contribution is 2.23. The molecule has 1 aromatic carbocycles. The van der Waals surface area contributed by atoms with Gasteiger partial charge in [0.1, 0.15) is 12.3 Å². The molecular formula is C15H13F3N2O4S. The second-order valence-electron chi connectivity index (χ2n) is 4.98. The lowest BCUT2D eigenvalue weighted by Crippen LogP contribution is -2.39. The highest BCUT2D eigenvalue weighted by molar-refractivity contribution is 8.00. The van der Waals surface area contributed by atoms with E-state index in [4.69, 9.17) is 4.42 Å². The van der Waals surface area contributed by atoms with Gasteiger partial charge in [-0.15, -0.1) is 11.8 Å². The molecule has 0 aliphatic rings. The second-order valence-corrected chi connectivity index (χ2v) is 6.03. The van der Waals surface area contributed by atoms with E-state index in [9.17, 15) is 28.1 Å². The van der Waals surface area contributed by atoms with E-state index in [0.29, 0.717) is 9.80 Å². The third-order valence-corrected chi connectivity index (χ3v) is 4.06. The summed E-state index contributed by atoms with van der Waals surface area (Å²) in [6.45, 7) is -1.67. The fourth-order valence-corrected chi connectivity index (χ4v) is 2.74. The Labute approximate surface area is 144 Å². The Morgan fingerprint density at radius 3 is 2.44 bits per heavy atom. The first kappa shape index (κ1) is 18.8. The summed E-state index contributed by atoms with van der Waals surface area (Å²) in [6, 6.07) is 8.43. The number of thioether (sulfide) groups is 1. The van der Waals surface area contributed by atoms with Crippen molar-refractivity contribution < 1.29 is 27.3 Å². The zero-order valence-electron chi connectivity index (χ0n) is 12.7. The lowest BCUT2D eigenvalue weighted by atomic mass is 10.3. The topological polar surface area (TPSA) is 76.6 Å². The van der Waals surface area contributed by atoms with Crippen LogP contribution in [0.2, 0.25) is 0 Å². The van der Waals surface area contributed by atoms with Crippen LogP contribution >= 0.6 is 11.8 Å². The average Bonchev–Trinajstić information content (AvgIpc) is 3.04. The van der Waals surface area contributed by atoms with Crippen LogP contribution in [0.25, 0.3) is 0 Å². The third-order valence-electron chi connectivity index (χ3n) is 3.06.